The zero-order valence-corrected chi connectivity index (χ0v) is 11.4. The van der Waals surface area contributed by atoms with Crippen LogP contribution in [0.5, 0.6) is 0 Å². The maximum Gasteiger partial charge on any atom is 0.260 e. The van der Waals surface area contributed by atoms with Crippen molar-refractivity contribution in [2.45, 2.75) is 9.79 Å². The third-order valence-electron chi connectivity index (χ3n) is 2.95. The van der Waals surface area contributed by atoms with Gasteiger partial charge in [0, 0.05) is 20.4 Å². The van der Waals surface area contributed by atoms with E-state index in [1.807, 2.05) is 0 Å². The van der Waals surface area contributed by atoms with E-state index in [0.717, 1.165) is 4.90 Å². The summed E-state index contributed by atoms with van der Waals surface area (Å²) in [7, 11) is 0. The summed E-state index contributed by atoms with van der Waals surface area (Å²) < 4.78 is 0. The molecule has 21 heavy (non-hydrogen) atoms. The second kappa shape index (κ2) is 5.32. The van der Waals surface area contributed by atoms with Crippen LogP contribution in [0.3, 0.4) is 0 Å². The van der Waals surface area contributed by atoms with Gasteiger partial charge in [-0.25, -0.2) is 0 Å². The van der Waals surface area contributed by atoms with Crippen molar-refractivity contribution >= 4 is 29.3 Å². The lowest BCUT2D eigenvalue weighted by molar-refractivity contribution is 0.0879. The number of imide groups is 1. The molecule has 0 aliphatic carbocycles. The topological polar surface area (TPSA) is 94.9 Å². The van der Waals surface area contributed by atoms with Crippen LogP contribution in [0.1, 0.15) is 20.7 Å². The van der Waals surface area contributed by atoms with E-state index in [4.69, 9.17) is 5.53 Å². The monoisotopic (exact) mass is 296 g/mol. The van der Waals surface area contributed by atoms with Crippen LogP contribution in [0.25, 0.3) is 10.4 Å². The molecule has 2 aromatic carbocycles. The van der Waals surface area contributed by atoms with Gasteiger partial charge in [0.25, 0.3) is 11.8 Å². The van der Waals surface area contributed by atoms with Crippen LogP contribution in [0.15, 0.2) is 57.4 Å². The number of fused-ring (bicyclic) bond motifs is 1. The van der Waals surface area contributed by atoms with Gasteiger partial charge in [-0.3, -0.25) is 14.9 Å². The molecule has 1 aliphatic heterocycles. The van der Waals surface area contributed by atoms with Gasteiger partial charge in [0.15, 0.2) is 0 Å². The first-order valence-corrected chi connectivity index (χ1v) is 6.82. The first-order chi connectivity index (χ1) is 10.2. The van der Waals surface area contributed by atoms with Gasteiger partial charge >= 0.3 is 0 Å². The lowest BCUT2D eigenvalue weighted by atomic mass is 10.1. The number of nitrogens with one attached hydrogen (secondary N) is 1. The maximum absolute atomic E-state index is 11.8. The largest absolute Gasteiger partial charge is 0.288 e. The van der Waals surface area contributed by atoms with Crippen LogP contribution in [-0.4, -0.2) is 11.8 Å². The van der Waals surface area contributed by atoms with Crippen molar-refractivity contribution in [3.8, 4) is 0 Å². The third-order valence-corrected chi connectivity index (χ3v) is 4.02. The minimum Gasteiger partial charge on any atom is -0.288 e. The van der Waals surface area contributed by atoms with E-state index in [1.54, 1.807) is 42.5 Å². The van der Waals surface area contributed by atoms with Crippen molar-refractivity contribution in [3.63, 3.8) is 0 Å². The fourth-order valence-corrected chi connectivity index (χ4v) is 3.01. The second-order valence-electron chi connectivity index (χ2n) is 4.25. The molecule has 6 nitrogen and oxygen atoms in total. The maximum atomic E-state index is 11.8. The number of azide groups is 1. The van der Waals surface area contributed by atoms with Crippen LogP contribution < -0.4 is 5.32 Å². The predicted molar refractivity (Wildman–Crippen MR) is 77.6 cm³/mol. The highest BCUT2D eigenvalue weighted by atomic mass is 32.2. The van der Waals surface area contributed by atoms with E-state index >= 15 is 0 Å². The highest BCUT2D eigenvalue weighted by molar-refractivity contribution is 7.99. The second-order valence-corrected chi connectivity index (χ2v) is 5.36. The Morgan fingerprint density at radius 2 is 1.81 bits per heavy atom. The molecular formula is C14H8N4O2S. The van der Waals surface area contributed by atoms with Crippen molar-refractivity contribution in [3.05, 3.63) is 64.0 Å². The number of carbonyl (C=O) groups is 2. The molecule has 7 heteroatoms. The molecular weight excluding hydrogens is 288 g/mol. The number of benzene rings is 2. The highest BCUT2D eigenvalue weighted by Gasteiger charge is 2.29. The molecule has 0 unspecified atom stereocenters. The summed E-state index contributed by atoms with van der Waals surface area (Å²) in [6.45, 7) is 0. The average Bonchev–Trinajstić information content (AvgIpc) is 2.78. The van der Waals surface area contributed by atoms with Gasteiger partial charge in [-0.05, 0) is 29.8 Å². The Bertz CT molecular complexity index is 795. The molecule has 0 bridgehead atoms. The van der Waals surface area contributed by atoms with E-state index in [2.05, 4.69) is 15.3 Å². The van der Waals surface area contributed by atoms with Gasteiger partial charge in [-0.15, -0.1) is 0 Å². The van der Waals surface area contributed by atoms with E-state index in [-0.39, 0.29) is 11.8 Å². The Kier molecular flexibility index (Phi) is 3.35. The first-order valence-electron chi connectivity index (χ1n) is 6.01. The van der Waals surface area contributed by atoms with Crippen molar-refractivity contribution in [2.75, 3.05) is 0 Å². The van der Waals surface area contributed by atoms with Crippen molar-refractivity contribution in [1.29, 1.82) is 0 Å². The van der Waals surface area contributed by atoms with Gasteiger partial charge in [0.2, 0.25) is 0 Å². The molecule has 2 aromatic rings. The SMILES string of the molecule is [N-]=[N+]=Nc1ccc(Sc2cccc3c2C(=O)NC3=O)cc1. The highest BCUT2D eigenvalue weighted by Crippen LogP contribution is 2.34. The fraction of sp³-hybridized carbons (Fsp3) is 0. The summed E-state index contributed by atoms with van der Waals surface area (Å²) >= 11 is 1.38. The van der Waals surface area contributed by atoms with E-state index in [9.17, 15) is 9.59 Å². The molecule has 0 radical (unpaired) electrons. The van der Waals surface area contributed by atoms with E-state index in [0.29, 0.717) is 21.7 Å². The zero-order chi connectivity index (χ0) is 14.8. The molecule has 0 saturated heterocycles. The van der Waals surface area contributed by atoms with Gasteiger partial charge in [-0.1, -0.05) is 35.1 Å². The Labute approximate surface area is 123 Å². The smallest absolute Gasteiger partial charge is 0.260 e. The summed E-state index contributed by atoms with van der Waals surface area (Å²) in [4.78, 5) is 27.7. The van der Waals surface area contributed by atoms with E-state index < -0.39 is 0 Å². The summed E-state index contributed by atoms with van der Waals surface area (Å²) in [5.74, 6) is -0.736. The molecule has 102 valence electrons. The van der Waals surface area contributed by atoms with Gasteiger partial charge < -0.3 is 0 Å². The van der Waals surface area contributed by atoms with Crippen molar-refractivity contribution < 1.29 is 9.59 Å². The molecule has 0 atom stereocenters. The van der Waals surface area contributed by atoms with Gasteiger partial charge in [0.05, 0.1) is 11.1 Å². The number of hydrogen-bond donors (Lipinski definition) is 1. The molecule has 0 aromatic heterocycles. The standard InChI is InChI=1S/C14H8N4O2S/c15-18-17-8-4-6-9(7-5-8)21-11-3-1-2-10-12(11)14(20)16-13(10)19/h1-7H,(H,16,19,20). The number of carbonyl (C=O) groups excluding carboxylic acids is 2. The predicted octanol–water partition coefficient (Wildman–Crippen LogP) is 3.66. The van der Waals surface area contributed by atoms with Crippen molar-refractivity contribution in [2.24, 2.45) is 5.11 Å². The van der Waals surface area contributed by atoms with Gasteiger partial charge in [0.1, 0.15) is 0 Å². The molecule has 0 spiro atoms. The number of hydrogen-bond acceptors (Lipinski definition) is 4. The number of rotatable bonds is 3. The van der Waals surface area contributed by atoms with Crippen LogP contribution in [0.2, 0.25) is 0 Å². The molecule has 0 saturated carbocycles. The van der Waals surface area contributed by atoms with Crippen molar-refractivity contribution in [1.82, 2.24) is 5.32 Å². The van der Waals surface area contributed by atoms with Crippen LogP contribution in [0.4, 0.5) is 5.69 Å². The molecule has 0 fully saturated rings. The lowest BCUT2D eigenvalue weighted by Crippen LogP contribution is -2.20. The normalized spacial score (nSPS) is 12.6. The Morgan fingerprint density at radius 1 is 1.05 bits per heavy atom. The molecule has 2 amide bonds. The first kappa shape index (κ1) is 13.2. The summed E-state index contributed by atoms with van der Waals surface area (Å²) in [5, 5.41) is 5.79. The van der Waals surface area contributed by atoms with Crippen LogP contribution in [-0.2, 0) is 0 Å². The van der Waals surface area contributed by atoms with Crippen LogP contribution >= 0.6 is 11.8 Å². The van der Waals surface area contributed by atoms with Gasteiger partial charge in [-0.2, -0.15) is 0 Å². The Morgan fingerprint density at radius 3 is 2.52 bits per heavy atom. The summed E-state index contributed by atoms with van der Waals surface area (Å²) in [6.07, 6.45) is 0. The minimum absolute atomic E-state index is 0.365. The average molecular weight is 296 g/mol. The fourth-order valence-electron chi connectivity index (χ4n) is 2.03. The minimum atomic E-state index is -0.371. The Hall–Kier alpha value is -2.76. The Balaban J connectivity index is 1.94. The molecule has 3 rings (SSSR count). The zero-order valence-electron chi connectivity index (χ0n) is 10.6. The number of nitrogens with zero attached hydrogens (tertiary/aromatic N) is 3. The quantitative estimate of drug-likeness (QED) is 0.405. The molecule has 1 aliphatic rings. The molecule has 1 heterocycles. The summed E-state index contributed by atoms with van der Waals surface area (Å²) in [6, 6.07) is 12.1. The third kappa shape index (κ3) is 2.47. The number of amides is 2. The van der Waals surface area contributed by atoms with E-state index in [1.165, 1.54) is 11.8 Å². The van der Waals surface area contributed by atoms with Crippen LogP contribution in [0, 0.1) is 0 Å². The lowest BCUT2D eigenvalue weighted by Gasteiger charge is -2.05. The molecule has 1 N–H and O–H groups in total. The summed E-state index contributed by atoms with van der Waals surface area (Å²) in [5.41, 5.74) is 9.69.